The summed E-state index contributed by atoms with van der Waals surface area (Å²) in [5.41, 5.74) is 3.27. The van der Waals surface area contributed by atoms with E-state index in [4.69, 9.17) is 4.74 Å². The highest BCUT2D eigenvalue weighted by atomic mass is 16.6. The summed E-state index contributed by atoms with van der Waals surface area (Å²) in [6, 6.07) is 0. The van der Waals surface area contributed by atoms with E-state index in [0.717, 1.165) is 32.1 Å². The van der Waals surface area contributed by atoms with Crippen LogP contribution in [-0.2, 0) is 9.53 Å². The lowest BCUT2D eigenvalue weighted by Gasteiger charge is -2.30. The molecule has 2 rings (SSSR count). The number of aliphatic hydroxyl groups excluding tert-OH is 1. The van der Waals surface area contributed by atoms with Crippen molar-refractivity contribution in [1.29, 1.82) is 0 Å². The van der Waals surface area contributed by atoms with E-state index in [9.17, 15) is 9.90 Å². The van der Waals surface area contributed by atoms with Crippen LogP contribution < -0.4 is 0 Å². The summed E-state index contributed by atoms with van der Waals surface area (Å²) in [6.45, 7) is 8.58. The van der Waals surface area contributed by atoms with Crippen LogP contribution in [0, 0.1) is 17.8 Å². The first-order valence-corrected chi connectivity index (χ1v) is 8.80. The van der Waals surface area contributed by atoms with Crippen LogP contribution in [0.4, 0.5) is 0 Å². The Bertz CT molecular complexity index is 523. The molecule has 1 aliphatic heterocycles. The normalized spacial score (nSPS) is 29.3. The molecule has 0 aromatic carbocycles. The maximum Gasteiger partial charge on any atom is 0.336 e. The number of aliphatic hydroxyl groups is 1. The number of carbonyl (C=O) groups is 1. The molecule has 0 aromatic heterocycles. The Morgan fingerprint density at radius 1 is 1.43 bits per heavy atom. The zero-order chi connectivity index (χ0) is 17.0. The SMILES string of the molecule is CC(C)=CCCC(C)C1CCCC(C)=CC=C2C(=O)OC(O)C21. The second kappa shape index (κ2) is 7.96. The monoisotopic (exact) mass is 318 g/mol. The Kier molecular flexibility index (Phi) is 6.23. The van der Waals surface area contributed by atoms with Gasteiger partial charge in [0.2, 0.25) is 6.29 Å². The quantitative estimate of drug-likeness (QED) is 0.612. The van der Waals surface area contributed by atoms with Gasteiger partial charge in [-0.1, -0.05) is 36.3 Å². The van der Waals surface area contributed by atoms with Gasteiger partial charge in [0.05, 0.1) is 5.92 Å². The molecule has 4 atom stereocenters. The molecular formula is C20H30O3. The molecular weight excluding hydrogens is 288 g/mol. The number of carbonyl (C=O) groups excluding carboxylic acids is 1. The van der Waals surface area contributed by atoms with Gasteiger partial charge in [0.25, 0.3) is 0 Å². The average Bonchev–Trinajstić information content (AvgIpc) is 2.78. The summed E-state index contributed by atoms with van der Waals surface area (Å²) in [5, 5.41) is 10.3. The molecule has 0 aromatic rings. The van der Waals surface area contributed by atoms with E-state index in [1.54, 1.807) is 0 Å². The van der Waals surface area contributed by atoms with Crippen molar-refractivity contribution in [2.45, 2.75) is 66.1 Å². The fourth-order valence-corrected chi connectivity index (χ4v) is 3.76. The van der Waals surface area contributed by atoms with Crippen molar-refractivity contribution in [2.75, 3.05) is 0 Å². The minimum absolute atomic E-state index is 0.189. The van der Waals surface area contributed by atoms with E-state index in [0.29, 0.717) is 11.5 Å². The Morgan fingerprint density at radius 2 is 2.17 bits per heavy atom. The average molecular weight is 318 g/mol. The predicted molar refractivity (Wildman–Crippen MR) is 92.6 cm³/mol. The van der Waals surface area contributed by atoms with E-state index in [1.807, 2.05) is 12.2 Å². The third-order valence-corrected chi connectivity index (χ3v) is 5.15. The molecule has 1 fully saturated rings. The fourth-order valence-electron chi connectivity index (χ4n) is 3.76. The van der Waals surface area contributed by atoms with Crippen LogP contribution in [0.2, 0.25) is 0 Å². The molecule has 3 heteroatoms. The highest BCUT2D eigenvalue weighted by molar-refractivity contribution is 5.91. The van der Waals surface area contributed by atoms with Gasteiger partial charge in [0, 0.05) is 5.57 Å². The summed E-state index contributed by atoms with van der Waals surface area (Å²) in [6.07, 6.45) is 10.5. The van der Waals surface area contributed by atoms with E-state index in [-0.39, 0.29) is 17.8 Å². The van der Waals surface area contributed by atoms with E-state index in [2.05, 4.69) is 33.8 Å². The zero-order valence-electron chi connectivity index (χ0n) is 14.8. The third-order valence-electron chi connectivity index (χ3n) is 5.15. The molecule has 0 amide bonds. The summed E-state index contributed by atoms with van der Waals surface area (Å²) in [4.78, 5) is 12.1. The minimum atomic E-state index is -0.989. The molecule has 1 aliphatic carbocycles. The zero-order valence-corrected chi connectivity index (χ0v) is 14.8. The van der Waals surface area contributed by atoms with E-state index < -0.39 is 6.29 Å². The molecule has 2 aliphatic rings. The van der Waals surface area contributed by atoms with Crippen molar-refractivity contribution in [3.05, 3.63) is 34.9 Å². The van der Waals surface area contributed by atoms with Gasteiger partial charge in [-0.25, -0.2) is 4.79 Å². The largest absolute Gasteiger partial charge is 0.432 e. The number of hydrogen-bond donors (Lipinski definition) is 1. The van der Waals surface area contributed by atoms with Gasteiger partial charge in [0.1, 0.15) is 0 Å². The van der Waals surface area contributed by atoms with Crippen LogP contribution in [-0.4, -0.2) is 17.4 Å². The van der Waals surface area contributed by atoms with Crippen molar-refractivity contribution in [1.82, 2.24) is 0 Å². The summed E-state index contributed by atoms with van der Waals surface area (Å²) < 4.78 is 5.13. The number of cyclic esters (lactones) is 1. The second-order valence-corrected chi connectivity index (χ2v) is 7.35. The fraction of sp³-hybridized carbons (Fsp3) is 0.650. The van der Waals surface area contributed by atoms with Crippen molar-refractivity contribution in [3.8, 4) is 0 Å². The molecule has 3 nitrogen and oxygen atoms in total. The maximum absolute atomic E-state index is 12.1. The Morgan fingerprint density at radius 3 is 2.87 bits per heavy atom. The number of fused-ring (bicyclic) bond motifs is 1. The lowest BCUT2D eigenvalue weighted by Crippen LogP contribution is -2.29. The van der Waals surface area contributed by atoms with Crippen LogP contribution in [0.25, 0.3) is 0 Å². The predicted octanol–water partition coefficient (Wildman–Crippen LogP) is 4.53. The standard InChI is InChI=1S/C20H30O3/c1-13(2)7-5-9-15(4)16-10-6-8-14(3)11-12-17-18(16)20(22)23-19(17)21/h7,11-12,15-16,18,20,22H,5-6,8-10H2,1-4H3. The van der Waals surface area contributed by atoms with Crippen molar-refractivity contribution >= 4 is 5.97 Å². The number of esters is 1. The lowest BCUT2D eigenvalue weighted by molar-refractivity contribution is -0.157. The first-order chi connectivity index (χ1) is 10.9. The Labute approximate surface area is 140 Å². The Hall–Kier alpha value is -1.35. The summed E-state index contributed by atoms with van der Waals surface area (Å²) >= 11 is 0. The van der Waals surface area contributed by atoms with Gasteiger partial charge in [-0.3, -0.25) is 0 Å². The van der Waals surface area contributed by atoms with E-state index in [1.165, 1.54) is 11.1 Å². The topological polar surface area (TPSA) is 46.5 Å². The smallest absolute Gasteiger partial charge is 0.336 e. The van der Waals surface area contributed by atoms with Gasteiger partial charge in [-0.15, -0.1) is 0 Å². The minimum Gasteiger partial charge on any atom is -0.432 e. The maximum atomic E-state index is 12.1. The van der Waals surface area contributed by atoms with Crippen LogP contribution in [0.15, 0.2) is 34.9 Å². The number of hydrogen-bond acceptors (Lipinski definition) is 3. The highest BCUT2D eigenvalue weighted by Crippen LogP contribution is 2.41. The van der Waals surface area contributed by atoms with Gasteiger partial charge in [-0.2, -0.15) is 0 Å². The lowest BCUT2D eigenvalue weighted by atomic mass is 9.74. The molecule has 1 N–H and O–H groups in total. The molecule has 0 saturated carbocycles. The van der Waals surface area contributed by atoms with Gasteiger partial charge in [0.15, 0.2) is 0 Å². The number of ether oxygens (including phenoxy) is 1. The summed E-state index contributed by atoms with van der Waals surface area (Å²) in [7, 11) is 0. The summed E-state index contributed by atoms with van der Waals surface area (Å²) in [5.74, 6) is 0.190. The van der Waals surface area contributed by atoms with Crippen molar-refractivity contribution < 1.29 is 14.6 Å². The third kappa shape index (κ3) is 4.57. The molecule has 1 saturated heterocycles. The van der Waals surface area contributed by atoms with Gasteiger partial charge in [-0.05, 0) is 64.7 Å². The second-order valence-electron chi connectivity index (χ2n) is 7.35. The molecule has 128 valence electrons. The van der Waals surface area contributed by atoms with Crippen molar-refractivity contribution in [3.63, 3.8) is 0 Å². The molecule has 0 spiro atoms. The Balaban J connectivity index is 2.20. The van der Waals surface area contributed by atoms with Crippen molar-refractivity contribution in [2.24, 2.45) is 17.8 Å². The van der Waals surface area contributed by atoms with E-state index >= 15 is 0 Å². The van der Waals surface area contributed by atoms with Crippen LogP contribution in [0.5, 0.6) is 0 Å². The molecule has 0 radical (unpaired) electrons. The van der Waals surface area contributed by atoms with Crippen LogP contribution in [0.1, 0.15) is 59.8 Å². The molecule has 1 heterocycles. The molecule has 23 heavy (non-hydrogen) atoms. The number of allylic oxidation sites excluding steroid dienone is 5. The number of rotatable bonds is 4. The van der Waals surface area contributed by atoms with Gasteiger partial charge < -0.3 is 9.84 Å². The molecule has 4 unspecified atom stereocenters. The van der Waals surface area contributed by atoms with Gasteiger partial charge >= 0.3 is 5.97 Å². The highest BCUT2D eigenvalue weighted by Gasteiger charge is 2.44. The van der Waals surface area contributed by atoms with Crippen LogP contribution >= 0.6 is 0 Å². The van der Waals surface area contributed by atoms with Crippen LogP contribution in [0.3, 0.4) is 0 Å². The first kappa shape index (κ1) is 18.0. The molecule has 0 bridgehead atoms. The first-order valence-electron chi connectivity index (χ1n) is 8.80.